The first kappa shape index (κ1) is 10.4. The van der Waals surface area contributed by atoms with Gasteiger partial charge in [-0.15, -0.1) is 0 Å². The van der Waals surface area contributed by atoms with Crippen LogP contribution in [0.1, 0.15) is 0 Å². The molecule has 1 aliphatic carbocycles. The van der Waals surface area contributed by atoms with E-state index in [1.165, 1.54) is 0 Å². The van der Waals surface area contributed by atoms with Gasteiger partial charge in [-0.1, -0.05) is 11.6 Å². The van der Waals surface area contributed by atoms with E-state index in [2.05, 4.69) is 15.9 Å². The van der Waals surface area contributed by atoms with Crippen molar-refractivity contribution in [2.45, 2.75) is 5.60 Å². The predicted molar refractivity (Wildman–Crippen MR) is 50.1 cm³/mol. The third kappa shape index (κ3) is 1.82. The number of allylic oxidation sites excluding steroid dienone is 2. The highest BCUT2D eigenvalue weighted by Gasteiger charge is 2.35. The molecule has 3 N–H and O–H groups in total. The molecule has 0 aromatic carbocycles. The summed E-state index contributed by atoms with van der Waals surface area (Å²) in [6.45, 7) is 0. The molecule has 0 fully saturated rings. The Labute approximate surface area is 87.2 Å². The third-order valence-electron chi connectivity index (χ3n) is 1.52. The number of hydrogen-bond donors (Lipinski definition) is 2. The van der Waals surface area contributed by atoms with Crippen molar-refractivity contribution in [3.8, 4) is 0 Å². The molecule has 70 valence electrons. The number of hydrogen-bond acceptors (Lipinski definition) is 3. The van der Waals surface area contributed by atoms with Gasteiger partial charge in [0.15, 0.2) is 5.60 Å². The lowest BCUT2D eigenvalue weighted by Gasteiger charge is -2.20. The molecule has 0 bridgehead atoms. The van der Waals surface area contributed by atoms with Crippen molar-refractivity contribution < 1.29 is 14.7 Å². The Bertz CT molecular complexity index is 326. The summed E-state index contributed by atoms with van der Waals surface area (Å²) in [5.41, 5.74) is 2.92. The maximum atomic E-state index is 11.1. The molecule has 0 radical (unpaired) electrons. The highest BCUT2D eigenvalue weighted by molar-refractivity contribution is 9.12. The molecule has 6 heteroatoms. The first-order valence-corrected chi connectivity index (χ1v) is 4.37. The molecule has 1 rings (SSSR count). The van der Waals surface area contributed by atoms with Gasteiger partial charge < -0.3 is 10.8 Å². The number of amides is 1. The summed E-state index contributed by atoms with van der Waals surface area (Å²) in [6, 6.07) is 0. The second kappa shape index (κ2) is 3.25. The van der Waals surface area contributed by atoms with Gasteiger partial charge in [0.05, 0.1) is 9.51 Å². The standard InChI is InChI=1S/C7H5BrClNO3/c8-3-1-7(13,6(10)12)2-4(9)5(3)11/h1-2,13H,(H2,10,12). The second-order valence-electron chi connectivity index (χ2n) is 2.50. The first-order valence-electron chi connectivity index (χ1n) is 3.20. The fourth-order valence-electron chi connectivity index (χ4n) is 0.815. The molecule has 0 heterocycles. The molecular weight excluding hydrogens is 261 g/mol. The van der Waals surface area contributed by atoms with Crippen molar-refractivity contribution in [1.29, 1.82) is 0 Å². The second-order valence-corrected chi connectivity index (χ2v) is 3.76. The van der Waals surface area contributed by atoms with Crippen LogP contribution in [0.4, 0.5) is 0 Å². The smallest absolute Gasteiger partial charge is 0.257 e. The normalized spacial score (nSPS) is 28.1. The van der Waals surface area contributed by atoms with Crippen molar-refractivity contribution in [2.75, 3.05) is 0 Å². The van der Waals surface area contributed by atoms with E-state index < -0.39 is 17.3 Å². The number of primary amides is 1. The summed E-state index contributed by atoms with van der Waals surface area (Å²) < 4.78 is 0.0151. The number of rotatable bonds is 1. The Hall–Kier alpha value is -0.650. The number of nitrogens with two attached hydrogens (primary N) is 1. The van der Waals surface area contributed by atoms with Crippen LogP contribution in [0.2, 0.25) is 0 Å². The van der Waals surface area contributed by atoms with E-state index >= 15 is 0 Å². The predicted octanol–water partition coefficient (Wildman–Crippen LogP) is 0.187. The molecule has 1 amide bonds. The van der Waals surface area contributed by atoms with Gasteiger partial charge in [0, 0.05) is 0 Å². The summed E-state index contributed by atoms with van der Waals surface area (Å²) in [4.78, 5) is 21.8. The molecule has 0 aromatic rings. The quantitative estimate of drug-likeness (QED) is 0.711. The van der Waals surface area contributed by atoms with Gasteiger partial charge >= 0.3 is 0 Å². The van der Waals surface area contributed by atoms with Gasteiger partial charge in [-0.3, -0.25) is 9.59 Å². The van der Waals surface area contributed by atoms with Crippen molar-refractivity contribution in [2.24, 2.45) is 5.73 Å². The van der Waals surface area contributed by atoms with Crippen LogP contribution in [-0.2, 0) is 9.59 Å². The Balaban J connectivity index is 3.20. The molecule has 4 nitrogen and oxygen atoms in total. The van der Waals surface area contributed by atoms with Crippen molar-refractivity contribution in [1.82, 2.24) is 0 Å². The first-order chi connectivity index (χ1) is 5.87. The van der Waals surface area contributed by atoms with Crippen LogP contribution in [-0.4, -0.2) is 22.4 Å². The molecule has 0 aromatic heterocycles. The van der Waals surface area contributed by atoms with Crippen LogP contribution in [0.25, 0.3) is 0 Å². The van der Waals surface area contributed by atoms with Crippen LogP contribution >= 0.6 is 27.5 Å². The van der Waals surface area contributed by atoms with Crippen LogP contribution < -0.4 is 5.73 Å². The van der Waals surface area contributed by atoms with Crippen molar-refractivity contribution >= 4 is 39.2 Å². The SMILES string of the molecule is NC(=O)C1(O)C=C(Cl)C(=O)C(Br)=C1. The number of carbonyl (C=O) groups excluding carboxylic acids is 2. The monoisotopic (exact) mass is 265 g/mol. The van der Waals surface area contributed by atoms with Gasteiger partial charge in [-0.25, -0.2) is 0 Å². The summed E-state index contributed by atoms with van der Waals surface area (Å²) in [5, 5.41) is 9.27. The lowest BCUT2D eigenvalue weighted by Crippen LogP contribution is -2.42. The minimum absolute atomic E-state index is 0.0151. The summed E-state index contributed by atoms with van der Waals surface area (Å²) in [5.74, 6) is -1.48. The Morgan fingerprint density at radius 3 is 2.54 bits per heavy atom. The van der Waals surface area contributed by atoms with Crippen molar-refractivity contribution in [3.05, 3.63) is 21.7 Å². The number of carbonyl (C=O) groups is 2. The Morgan fingerprint density at radius 2 is 2.15 bits per heavy atom. The fraction of sp³-hybridized carbons (Fsp3) is 0.143. The lowest BCUT2D eigenvalue weighted by atomic mass is 9.97. The zero-order valence-electron chi connectivity index (χ0n) is 6.25. The van der Waals surface area contributed by atoms with E-state index in [0.717, 1.165) is 12.2 Å². The largest absolute Gasteiger partial charge is 0.373 e. The van der Waals surface area contributed by atoms with Gasteiger partial charge in [0.1, 0.15) is 0 Å². The molecule has 0 saturated heterocycles. The minimum atomic E-state index is -1.98. The van der Waals surface area contributed by atoms with Crippen LogP contribution in [0.3, 0.4) is 0 Å². The highest BCUT2D eigenvalue weighted by atomic mass is 79.9. The zero-order valence-corrected chi connectivity index (χ0v) is 8.59. The molecule has 0 aliphatic heterocycles. The average molecular weight is 266 g/mol. The molecule has 0 saturated carbocycles. The van der Waals surface area contributed by atoms with E-state index in [4.69, 9.17) is 17.3 Å². The minimum Gasteiger partial charge on any atom is -0.373 e. The number of ketones is 1. The van der Waals surface area contributed by atoms with Crippen molar-refractivity contribution in [3.63, 3.8) is 0 Å². The van der Waals surface area contributed by atoms with E-state index in [0.29, 0.717) is 0 Å². The number of aliphatic hydroxyl groups is 1. The molecular formula is C7H5BrClNO3. The molecule has 0 spiro atoms. The molecule has 13 heavy (non-hydrogen) atoms. The molecule has 1 unspecified atom stereocenters. The van der Waals surface area contributed by atoms with Gasteiger partial charge in [-0.2, -0.15) is 0 Å². The maximum Gasteiger partial charge on any atom is 0.257 e. The highest BCUT2D eigenvalue weighted by Crippen LogP contribution is 2.27. The van der Waals surface area contributed by atoms with Crippen LogP contribution in [0, 0.1) is 0 Å². The Morgan fingerprint density at radius 1 is 1.62 bits per heavy atom. The lowest BCUT2D eigenvalue weighted by molar-refractivity contribution is -0.128. The van der Waals surface area contributed by atoms with E-state index in [1.54, 1.807) is 0 Å². The van der Waals surface area contributed by atoms with E-state index in [-0.39, 0.29) is 9.51 Å². The third-order valence-corrected chi connectivity index (χ3v) is 2.39. The summed E-state index contributed by atoms with van der Waals surface area (Å²) in [7, 11) is 0. The number of halogens is 2. The molecule has 1 atom stereocenters. The zero-order chi connectivity index (χ0) is 10.2. The van der Waals surface area contributed by atoms with Crippen LogP contribution in [0.15, 0.2) is 21.7 Å². The summed E-state index contributed by atoms with van der Waals surface area (Å²) in [6.07, 6.45) is 1.91. The molecule has 1 aliphatic rings. The van der Waals surface area contributed by atoms with Gasteiger partial charge in [-0.05, 0) is 28.1 Å². The average Bonchev–Trinajstić information content (AvgIpc) is 2.00. The fourth-order valence-corrected chi connectivity index (χ4v) is 1.76. The number of Topliss-reactive ketones (excluding diaryl/α,β-unsaturated/α-hetero) is 1. The van der Waals surface area contributed by atoms with Gasteiger partial charge in [0.2, 0.25) is 5.78 Å². The van der Waals surface area contributed by atoms with Crippen LogP contribution in [0.5, 0.6) is 0 Å². The summed E-state index contributed by atoms with van der Waals surface area (Å²) >= 11 is 8.32. The van der Waals surface area contributed by atoms with Gasteiger partial charge in [0.25, 0.3) is 5.91 Å². The van der Waals surface area contributed by atoms with E-state index in [9.17, 15) is 14.7 Å². The topological polar surface area (TPSA) is 80.4 Å². The Kier molecular flexibility index (Phi) is 2.61. The maximum absolute atomic E-state index is 11.1. The van der Waals surface area contributed by atoms with E-state index in [1.807, 2.05) is 0 Å².